The lowest BCUT2D eigenvalue weighted by Crippen LogP contribution is -1.96. The summed E-state index contributed by atoms with van der Waals surface area (Å²) in [6.07, 6.45) is 1.62. The molecule has 4 heteroatoms. The van der Waals surface area contributed by atoms with Gasteiger partial charge in [-0.3, -0.25) is 0 Å². The van der Waals surface area contributed by atoms with Gasteiger partial charge in [-0.15, -0.1) is 0 Å². The maximum absolute atomic E-state index is 10.8. The van der Waals surface area contributed by atoms with Gasteiger partial charge in [-0.05, 0) is 29.8 Å². The molecule has 0 radical (unpaired) electrons. The van der Waals surface area contributed by atoms with Crippen LogP contribution in [0.3, 0.4) is 0 Å². The van der Waals surface area contributed by atoms with Crippen LogP contribution in [0.25, 0.3) is 11.1 Å². The van der Waals surface area contributed by atoms with E-state index in [-0.39, 0.29) is 5.56 Å². The first-order valence-corrected chi connectivity index (χ1v) is 4.72. The van der Waals surface area contributed by atoms with E-state index in [4.69, 9.17) is 10.8 Å². The first-order valence-electron chi connectivity index (χ1n) is 4.72. The monoisotopic (exact) mass is 214 g/mol. The number of anilines is 1. The van der Waals surface area contributed by atoms with Gasteiger partial charge >= 0.3 is 5.97 Å². The van der Waals surface area contributed by atoms with Crippen LogP contribution in [-0.4, -0.2) is 16.1 Å². The van der Waals surface area contributed by atoms with E-state index in [1.54, 1.807) is 30.5 Å². The summed E-state index contributed by atoms with van der Waals surface area (Å²) in [6, 6.07) is 10.2. The summed E-state index contributed by atoms with van der Waals surface area (Å²) < 4.78 is 0. The maximum atomic E-state index is 10.8. The summed E-state index contributed by atoms with van der Waals surface area (Å²) in [7, 11) is 0. The quantitative estimate of drug-likeness (QED) is 0.801. The molecule has 0 aliphatic carbocycles. The molecular formula is C12H10N2O2. The van der Waals surface area contributed by atoms with E-state index in [9.17, 15) is 4.79 Å². The molecule has 0 aliphatic heterocycles. The van der Waals surface area contributed by atoms with Gasteiger partial charge in [-0.25, -0.2) is 9.78 Å². The maximum Gasteiger partial charge on any atom is 0.335 e. The van der Waals surface area contributed by atoms with Crippen molar-refractivity contribution in [3.8, 4) is 11.1 Å². The minimum Gasteiger partial charge on any atom is -0.478 e. The van der Waals surface area contributed by atoms with Crippen LogP contribution in [0.5, 0.6) is 0 Å². The molecule has 0 fully saturated rings. The molecule has 16 heavy (non-hydrogen) atoms. The van der Waals surface area contributed by atoms with Crippen molar-refractivity contribution in [1.82, 2.24) is 4.98 Å². The molecule has 3 N–H and O–H groups in total. The molecule has 0 aliphatic rings. The summed E-state index contributed by atoms with van der Waals surface area (Å²) >= 11 is 0. The summed E-state index contributed by atoms with van der Waals surface area (Å²) in [5.41, 5.74) is 7.39. The highest BCUT2D eigenvalue weighted by Gasteiger charge is 2.04. The Morgan fingerprint density at radius 1 is 1.19 bits per heavy atom. The second-order valence-corrected chi connectivity index (χ2v) is 3.36. The van der Waals surface area contributed by atoms with Crippen molar-refractivity contribution in [2.75, 3.05) is 5.73 Å². The average molecular weight is 214 g/mol. The van der Waals surface area contributed by atoms with Crippen LogP contribution in [0.1, 0.15) is 10.4 Å². The molecule has 80 valence electrons. The normalized spacial score (nSPS) is 10.0. The summed E-state index contributed by atoms with van der Waals surface area (Å²) in [5.74, 6) is -0.497. The molecule has 1 aromatic carbocycles. The lowest BCUT2D eigenvalue weighted by molar-refractivity contribution is 0.0697. The second kappa shape index (κ2) is 4.02. The van der Waals surface area contributed by atoms with Crippen LogP contribution in [-0.2, 0) is 0 Å². The number of carbonyl (C=O) groups is 1. The second-order valence-electron chi connectivity index (χ2n) is 3.36. The molecule has 1 heterocycles. The predicted molar refractivity (Wildman–Crippen MR) is 61.0 cm³/mol. The van der Waals surface area contributed by atoms with E-state index < -0.39 is 5.97 Å². The van der Waals surface area contributed by atoms with Crippen molar-refractivity contribution in [1.29, 1.82) is 0 Å². The van der Waals surface area contributed by atoms with Crippen LogP contribution in [0.15, 0.2) is 42.6 Å². The molecule has 0 spiro atoms. The Kier molecular flexibility index (Phi) is 2.55. The standard InChI is InChI=1S/C12H10N2O2/c13-11-5-4-10(7-14-11)8-2-1-3-9(6-8)12(15)16/h1-7H,(H2,13,14)(H,15,16). The van der Waals surface area contributed by atoms with Crippen molar-refractivity contribution in [3.05, 3.63) is 48.2 Å². The molecule has 0 amide bonds. The third-order valence-corrected chi connectivity index (χ3v) is 2.23. The molecule has 0 saturated heterocycles. The van der Waals surface area contributed by atoms with Crippen molar-refractivity contribution in [2.24, 2.45) is 0 Å². The number of aromatic carboxylic acids is 1. The molecule has 0 saturated carbocycles. The third-order valence-electron chi connectivity index (χ3n) is 2.23. The minimum atomic E-state index is -0.940. The van der Waals surface area contributed by atoms with Gasteiger partial charge in [-0.2, -0.15) is 0 Å². The Morgan fingerprint density at radius 2 is 2.00 bits per heavy atom. The van der Waals surface area contributed by atoms with E-state index >= 15 is 0 Å². The van der Waals surface area contributed by atoms with Gasteiger partial charge in [0, 0.05) is 11.8 Å². The number of aromatic nitrogens is 1. The van der Waals surface area contributed by atoms with Crippen LogP contribution in [0.4, 0.5) is 5.82 Å². The summed E-state index contributed by atoms with van der Waals surface area (Å²) in [4.78, 5) is 14.8. The number of benzene rings is 1. The van der Waals surface area contributed by atoms with Crippen molar-refractivity contribution >= 4 is 11.8 Å². The Balaban J connectivity index is 2.44. The molecular weight excluding hydrogens is 204 g/mol. The number of hydrogen-bond donors (Lipinski definition) is 2. The highest BCUT2D eigenvalue weighted by Crippen LogP contribution is 2.20. The largest absolute Gasteiger partial charge is 0.478 e. The van der Waals surface area contributed by atoms with Crippen molar-refractivity contribution in [3.63, 3.8) is 0 Å². The Labute approximate surface area is 92.4 Å². The zero-order valence-electron chi connectivity index (χ0n) is 8.42. The van der Waals surface area contributed by atoms with Crippen molar-refractivity contribution in [2.45, 2.75) is 0 Å². The fourth-order valence-electron chi connectivity index (χ4n) is 1.41. The van der Waals surface area contributed by atoms with Gasteiger partial charge in [0.05, 0.1) is 5.56 Å². The zero-order valence-corrected chi connectivity index (χ0v) is 8.42. The van der Waals surface area contributed by atoms with Crippen LogP contribution >= 0.6 is 0 Å². The number of hydrogen-bond acceptors (Lipinski definition) is 3. The lowest BCUT2D eigenvalue weighted by atomic mass is 10.1. The van der Waals surface area contributed by atoms with Gasteiger partial charge in [0.25, 0.3) is 0 Å². The van der Waals surface area contributed by atoms with E-state index in [0.717, 1.165) is 11.1 Å². The zero-order chi connectivity index (χ0) is 11.5. The van der Waals surface area contributed by atoms with E-state index in [1.807, 2.05) is 12.1 Å². The molecule has 0 unspecified atom stereocenters. The van der Waals surface area contributed by atoms with Crippen LogP contribution in [0, 0.1) is 0 Å². The fraction of sp³-hybridized carbons (Fsp3) is 0. The smallest absolute Gasteiger partial charge is 0.335 e. The van der Waals surface area contributed by atoms with Crippen molar-refractivity contribution < 1.29 is 9.90 Å². The number of nitrogen functional groups attached to an aromatic ring is 1. The van der Waals surface area contributed by atoms with E-state index in [1.165, 1.54) is 0 Å². The number of pyridine rings is 1. The molecule has 1 aromatic heterocycles. The molecule has 2 aromatic rings. The fourth-order valence-corrected chi connectivity index (χ4v) is 1.41. The van der Waals surface area contributed by atoms with Gasteiger partial charge < -0.3 is 10.8 Å². The highest BCUT2D eigenvalue weighted by atomic mass is 16.4. The first kappa shape index (κ1) is 10.2. The van der Waals surface area contributed by atoms with E-state index in [0.29, 0.717) is 5.82 Å². The minimum absolute atomic E-state index is 0.259. The van der Waals surface area contributed by atoms with Gasteiger partial charge in [-0.1, -0.05) is 12.1 Å². The topological polar surface area (TPSA) is 76.2 Å². The SMILES string of the molecule is Nc1ccc(-c2cccc(C(=O)O)c2)cn1. The number of carboxylic acids is 1. The van der Waals surface area contributed by atoms with Crippen LogP contribution in [0.2, 0.25) is 0 Å². The first-order chi connectivity index (χ1) is 7.66. The molecule has 2 rings (SSSR count). The lowest BCUT2D eigenvalue weighted by Gasteiger charge is -2.02. The highest BCUT2D eigenvalue weighted by molar-refractivity contribution is 5.89. The van der Waals surface area contributed by atoms with Crippen LogP contribution < -0.4 is 5.73 Å². The number of rotatable bonds is 2. The number of nitrogens with two attached hydrogens (primary N) is 1. The molecule has 4 nitrogen and oxygen atoms in total. The third kappa shape index (κ3) is 2.00. The summed E-state index contributed by atoms with van der Waals surface area (Å²) in [6.45, 7) is 0. The van der Waals surface area contributed by atoms with Gasteiger partial charge in [0.2, 0.25) is 0 Å². The van der Waals surface area contributed by atoms with Gasteiger partial charge in [0.15, 0.2) is 0 Å². The molecule has 0 atom stereocenters. The van der Waals surface area contributed by atoms with Gasteiger partial charge in [0.1, 0.15) is 5.82 Å². The Morgan fingerprint density at radius 3 is 2.62 bits per heavy atom. The summed E-state index contributed by atoms with van der Waals surface area (Å²) in [5, 5.41) is 8.86. The molecule has 0 bridgehead atoms. The number of nitrogens with zero attached hydrogens (tertiary/aromatic N) is 1. The Bertz CT molecular complexity index is 521. The number of carboxylic acid groups (broad SMARTS) is 1. The predicted octanol–water partition coefficient (Wildman–Crippen LogP) is 2.03. The van der Waals surface area contributed by atoms with E-state index in [2.05, 4.69) is 4.98 Å². The Hall–Kier alpha value is -2.36. The average Bonchev–Trinajstić information content (AvgIpc) is 2.30.